The van der Waals surface area contributed by atoms with Crippen LogP contribution in [0.1, 0.15) is 109 Å². The van der Waals surface area contributed by atoms with Crippen LogP contribution < -0.4 is 4.74 Å². The second kappa shape index (κ2) is 17.7. The Balaban J connectivity index is 1.63. The van der Waals surface area contributed by atoms with Crippen molar-refractivity contribution in [3.63, 3.8) is 0 Å². The molecule has 0 N–H and O–H groups in total. The Morgan fingerprint density at radius 1 is 0.886 bits per heavy atom. The Morgan fingerprint density at radius 3 is 2.23 bits per heavy atom. The van der Waals surface area contributed by atoms with Gasteiger partial charge in [0.1, 0.15) is 12.2 Å². The highest BCUT2D eigenvalue weighted by atomic mass is 32.1. The van der Waals surface area contributed by atoms with E-state index in [1.807, 2.05) is 0 Å². The molecule has 0 saturated carbocycles. The standard InChI is InChI=1S/C27H48N3O4S/c1-4-6-8-10-11-12-13-14-16-21-33-27(31)34-23-30(3)19-17-18-24(22-30)25-26(29-35-28-25)32-20-15-9-7-5-2/h18H,4-17,19-23H2,1-3H3/q+1. The van der Waals surface area contributed by atoms with Crippen LogP contribution in [0.25, 0.3) is 5.57 Å². The highest BCUT2D eigenvalue weighted by molar-refractivity contribution is 6.99. The van der Waals surface area contributed by atoms with Crippen molar-refractivity contribution in [3.8, 4) is 5.88 Å². The summed E-state index contributed by atoms with van der Waals surface area (Å²) in [5.74, 6) is 0.632. The van der Waals surface area contributed by atoms with E-state index in [1.54, 1.807) is 0 Å². The van der Waals surface area contributed by atoms with Gasteiger partial charge in [-0.15, -0.1) is 4.37 Å². The van der Waals surface area contributed by atoms with Crippen molar-refractivity contribution in [2.45, 2.75) is 104 Å². The lowest BCUT2D eigenvalue weighted by molar-refractivity contribution is -0.919. The zero-order valence-corrected chi connectivity index (χ0v) is 23.2. The summed E-state index contributed by atoms with van der Waals surface area (Å²) in [6.45, 7) is 7.48. The first kappa shape index (κ1) is 29.6. The number of hydrogen-bond donors (Lipinski definition) is 0. The number of nitrogens with zero attached hydrogens (tertiary/aromatic N) is 3. The number of aromatic nitrogens is 2. The van der Waals surface area contributed by atoms with Crippen LogP contribution in [0.5, 0.6) is 5.88 Å². The lowest BCUT2D eigenvalue weighted by atomic mass is 10.1. The molecule has 0 saturated heterocycles. The average molecular weight is 511 g/mol. The Labute approximate surface area is 217 Å². The topological polar surface area (TPSA) is 70.5 Å². The van der Waals surface area contributed by atoms with E-state index in [1.165, 1.54) is 75.9 Å². The van der Waals surface area contributed by atoms with Crippen LogP contribution >= 0.6 is 11.7 Å². The Hall–Kier alpha value is -1.67. The number of carbonyl (C=O) groups is 1. The van der Waals surface area contributed by atoms with Crippen molar-refractivity contribution in [2.24, 2.45) is 0 Å². The van der Waals surface area contributed by atoms with Crippen LogP contribution in [0.3, 0.4) is 0 Å². The highest BCUT2D eigenvalue weighted by Crippen LogP contribution is 2.30. The summed E-state index contributed by atoms with van der Waals surface area (Å²) in [5.41, 5.74) is 1.95. The third kappa shape index (κ3) is 12.2. The molecule has 1 aliphatic heterocycles. The molecule has 0 aromatic carbocycles. The molecule has 1 atom stereocenters. The van der Waals surface area contributed by atoms with Crippen molar-refractivity contribution in [2.75, 3.05) is 40.1 Å². The summed E-state index contributed by atoms with van der Waals surface area (Å²) in [6, 6.07) is 0. The molecular formula is C27H48N3O4S+. The normalized spacial score (nSPS) is 17.7. The number of carbonyl (C=O) groups excluding carboxylic acids is 1. The van der Waals surface area contributed by atoms with Gasteiger partial charge in [-0.25, -0.2) is 4.79 Å². The summed E-state index contributed by atoms with van der Waals surface area (Å²) >= 11 is 1.19. The number of ether oxygens (including phenoxy) is 3. The van der Waals surface area contributed by atoms with E-state index >= 15 is 0 Å². The van der Waals surface area contributed by atoms with E-state index in [0.29, 0.717) is 30.3 Å². The summed E-state index contributed by atoms with van der Waals surface area (Å²) in [6.07, 6.45) is 18.4. The van der Waals surface area contributed by atoms with Gasteiger partial charge in [0.25, 0.3) is 5.88 Å². The Bertz CT molecular complexity index is 740. The molecule has 2 heterocycles. The van der Waals surface area contributed by atoms with Gasteiger partial charge >= 0.3 is 6.16 Å². The molecule has 35 heavy (non-hydrogen) atoms. The van der Waals surface area contributed by atoms with Crippen molar-refractivity contribution >= 4 is 23.5 Å². The van der Waals surface area contributed by atoms with Gasteiger partial charge in [-0.3, -0.25) is 4.48 Å². The average Bonchev–Trinajstić information content (AvgIpc) is 3.32. The van der Waals surface area contributed by atoms with E-state index in [0.717, 1.165) is 50.0 Å². The first-order chi connectivity index (χ1) is 17.1. The summed E-state index contributed by atoms with van der Waals surface area (Å²) in [7, 11) is 2.10. The third-order valence-corrected chi connectivity index (χ3v) is 7.08. The van der Waals surface area contributed by atoms with Crippen molar-refractivity contribution in [1.82, 2.24) is 8.75 Å². The Morgan fingerprint density at radius 2 is 1.51 bits per heavy atom. The van der Waals surface area contributed by atoms with E-state index in [2.05, 4.69) is 35.7 Å². The fraction of sp³-hybridized carbons (Fsp3) is 0.815. The van der Waals surface area contributed by atoms with Crippen LogP contribution in [0, 0.1) is 0 Å². The molecule has 1 unspecified atom stereocenters. The fourth-order valence-electron chi connectivity index (χ4n) is 4.37. The molecule has 0 fully saturated rings. The molecule has 1 aliphatic rings. The van der Waals surface area contributed by atoms with Gasteiger partial charge in [0.05, 0.1) is 38.5 Å². The minimum Gasteiger partial charge on any atom is -0.475 e. The number of likely N-dealkylation sites (N-methyl/N-ethyl adjacent to an activating group) is 1. The predicted molar refractivity (Wildman–Crippen MR) is 143 cm³/mol. The van der Waals surface area contributed by atoms with Crippen LogP contribution in [-0.4, -0.2) is 59.5 Å². The zero-order chi connectivity index (χ0) is 25.2. The van der Waals surface area contributed by atoms with E-state index in [4.69, 9.17) is 14.2 Å². The second-order valence-corrected chi connectivity index (χ2v) is 10.6. The SMILES string of the molecule is CCCCCCCCCCCOC(=O)OC[N+]1(C)CCC=C(c2nsnc2OCCCCCC)C1. The third-order valence-electron chi connectivity index (χ3n) is 6.57. The van der Waals surface area contributed by atoms with Gasteiger partial charge in [0.2, 0.25) is 6.73 Å². The maximum atomic E-state index is 12.1. The molecule has 0 radical (unpaired) electrons. The summed E-state index contributed by atoms with van der Waals surface area (Å²) in [5, 5.41) is 0. The maximum absolute atomic E-state index is 12.1. The van der Waals surface area contributed by atoms with Gasteiger partial charge in [0, 0.05) is 12.0 Å². The lowest BCUT2D eigenvalue weighted by Crippen LogP contribution is -2.49. The minimum atomic E-state index is -0.563. The first-order valence-corrected chi connectivity index (χ1v) is 14.6. The van der Waals surface area contributed by atoms with Crippen LogP contribution in [0.15, 0.2) is 6.08 Å². The molecule has 0 spiro atoms. The zero-order valence-electron chi connectivity index (χ0n) is 22.4. The van der Waals surface area contributed by atoms with Gasteiger partial charge in [-0.1, -0.05) is 90.6 Å². The maximum Gasteiger partial charge on any atom is 0.512 e. The minimum absolute atomic E-state index is 0.290. The number of hydrogen-bond acceptors (Lipinski definition) is 7. The number of unbranched alkanes of at least 4 members (excludes halogenated alkanes) is 11. The monoisotopic (exact) mass is 510 g/mol. The van der Waals surface area contributed by atoms with Crippen molar-refractivity contribution in [3.05, 3.63) is 11.8 Å². The largest absolute Gasteiger partial charge is 0.512 e. The predicted octanol–water partition coefficient (Wildman–Crippen LogP) is 7.37. The Kier molecular flexibility index (Phi) is 15.0. The first-order valence-electron chi connectivity index (χ1n) is 13.9. The molecule has 0 bridgehead atoms. The number of rotatable bonds is 19. The summed E-state index contributed by atoms with van der Waals surface area (Å²) in [4.78, 5) is 12.1. The van der Waals surface area contributed by atoms with Crippen molar-refractivity contribution < 1.29 is 23.5 Å². The molecule has 0 aliphatic carbocycles. The summed E-state index contributed by atoms with van der Waals surface area (Å²) < 4.78 is 26.2. The molecular weight excluding hydrogens is 462 g/mol. The van der Waals surface area contributed by atoms with Crippen molar-refractivity contribution in [1.29, 1.82) is 0 Å². The molecule has 0 amide bonds. The quantitative estimate of drug-likeness (QED) is 0.110. The molecule has 7 nitrogen and oxygen atoms in total. The molecule has 200 valence electrons. The van der Waals surface area contributed by atoms with Crippen LogP contribution in [0.2, 0.25) is 0 Å². The fourth-order valence-corrected chi connectivity index (χ4v) is 4.91. The molecule has 2 rings (SSSR count). The molecule has 1 aromatic rings. The highest BCUT2D eigenvalue weighted by Gasteiger charge is 2.31. The van der Waals surface area contributed by atoms with Crippen LogP contribution in [0.4, 0.5) is 4.79 Å². The number of quaternary nitrogens is 1. The molecule has 8 heteroatoms. The lowest BCUT2D eigenvalue weighted by Gasteiger charge is -2.36. The van der Waals surface area contributed by atoms with E-state index in [-0.39, 0.29) is 0 Å². The van der Waals surface area contributed by atoms with Gasteiger partial charge in [-0.2, -0.15) is 4.37 Å². The van der Waals surface area contributed by atoms with Crippen LogP contribution in [-0.2, 0) is 9.47 Å². The van der Waals surface area contributed by atoms with Gasteiger partial charge in [-0.05, 0) is 12.8 Å². The van der Waals surface area contributed by atoms with Gasteiger partial charge < -0.3 is 14.2 Å². The second-order valence-electron chi connectivity index (χ2n) is 10.0. The molecule has 1 aromatic heterocycles. The van der Waals surface area contributed by atoms with E-state index in [9.17, 15) is 4.79 Å². The van der Waals surface area contributed by atoms with Gasteiger partial charge in [0.15, 0.2) is 0 Å². The smallest absolute Gasteiger partial charge is 0.475 e. The van der Waals surface area contributed by atoms with E-state index < -0.39 is 6.16 Å².